The molecule has 2 saturated heterocycles. The highest BCUT2D eigenvalue weighted by Gasteiger charge is 2.26. The van der Waals surface area contributed by atoms with Crippen LogP contribution in [0.1, 0.15) is 96.0 Å². The van der Waals surface area contributed by atoms with Gasteiger partial charge in [0.1, 0.15) is 12.2 Å². The van der Waals surface area contributed by atoms with Gasteiger partial charge < -0.3 is 14.2 Å². The third kappa shape index (κ3) is 15.9. The van der Waals surface area contributed by atoms with E-state index >= 15 is 0 Å². The molecule has 2 aliphatic heterocycles. The van der Waals surface area contributed by atoms with E-state index in [1.165, 1.54) is 95.5 Å². The van der Waals surface area contributed by atoms with Crippen LogP contribution in [0.4, 0.5) is 0 Å². The van der Waals surface area contributed by atoms with Crippen LogP contribution < -0.4 is 0 Å². The van der Waals surface area contributed by atoms with Crippen molar-refractivity contribution in [2.45, 2.75) is 109 Å². The summed E-state index contributed by atoms with van der Waals surface area (Å²) in [6, 6.07) is 10.9. The van der Waals surface area contributed by atoms with Crippen molar-refractivity contribution in [1.82, 2.24) is 0 Å². The van der Waals surface area contributed by atoms with Gasteiger partial charge in [0.2, 0.25) is 0 Å². The molecular formula is C27H46O3. The Hall–Kier alpha value is -0.900. The average Bonchev–Trinajstić information content (AvgIpc) is 3.69. The third-order valence-electron chi connectivity index (χ3n) is 5.82. The van der Waals surface area contributed by atoms with E-state index in [2.05, 4.69) is 37.3 Å². The second-order valence-electron chi connectivity index (χ2n) is 8.93. The number of rotatable bonds is 18. The zero-order valence-electron chi connectivity index (χ0n) is 19.5. The quantitative estimate of drug-likeness (QED) is 0.188. The smallest absolute Gasteiger partial charge is 0.104 e. The minimum absolute atomic E-state index is 0.392. The van der Waals surface area contributed by atoms with E-state index < -0.39 is 0 Å². The fourth-order valence-corrected chi connectivity index (χ4v) is 3.65. The van der Waals surface area contributed by atoms with Crippen molar-refractivity contribution < 1.29 is 14.2 Å². The summed E-state index contributed by atoms with van der Waals surface area (Å²) < 4.78 is 15.1. The Balaban J connectivity index is 0.000000290. The van der Waals surface area contributed by atoms with Crippen LogP contribution >= 0.6 is 0 Å². The largest absolute Gasteiger partial charge is 0.376 e. The van der Waals surface area contributed by atoms with Gasteiger partial charge in [-0.05, 0) is 18.4 Å². The lowest BCUT2D eigenvalue weighted by atomic mass is 10.0. The molecule has 1 aromatic carbocycles. The van der Waals surface area contributed by atoms with Crippen molar-refractivity contribution in [3.63, 3.8) is 0 Å². The van der Waals surface area contributed by atoms with Crippen molar-refractivity contribution in [3.05, 3.63) is 35.9 Å². The summed E-state index contributed by atoms with van der Waals surface area (Å²) in [6.45, 7) is 5.55. The summed E-state index contributed by atoms with van der Waals surface area (Å²) in [4.78, 5) is 0. The minimum atomic E-state index is 0.392. The third-order valence-corrected chi connectivity index (χ3v) is 5.82. The van der Waals surface area contributed by atoms with Gasteiger partial charge in [-0.15, -0.1) is 0 Å². The van der Waals surface area contributed by atoms with E-state index in [0.717, 1.165) is 26.4 Å². The number of aryl methyl sites for hydroxylation is 1. The van der Waals surface area contributed by atoms with Crippen LogP contribution in [0.25, 0.3) is 0 Å². The molecule has 2 aliphatic rings. The normalized spacial score (nSPS) is 19.2. The van der Waals surface area contributed by atoms with Crippen LogP contribution in [0.2, 0.25) is 0 Å². The highest BCUT2D eigenvalue weighted by Crippen LogP contribution is 2.14. The summed E-state index contributed by atoms with van der Waals surface area (Å²) in [5.74, 6) is 0. The van der Waals surface area contributed by atoms with E-state index in [1.54, 1.807) is 0 Å². The predicted molar refractivity (Wildman–Crippen MR) is 126 cm³/mol. The summed E-state index contributed by atoms with van der Waals surface area (Å²) in [5.41, 5.74) is 1.50. The first kappa shape index (κ1) is 25.4. The molecule has 0 spiro atoms. The summed E-state index contributed by atoms with van der Waals surface area (Å²) >= 11 is 0. The molecule has 0 amide bonds. The maximum absolute atomic E-state index is 5.23. The number of unbranched alkanes of at least 4 members (excludes halogenated alkanes) is 12. The lowest BCUT2D eigenvalue weighted by Gasteiger charge is -2.03. The Morgan fingerprint density at radius 2 is 1.10 bits per heavy atom. The fourth-order valence-electron chi connectivity index (χ4n) is 3.65. The highest BCUT2D eigenvalue weighted by molar-refractivity contribution is 5.14. The molecule has 172 valence electrons. The lowest BCUT2D eigenvalue weighted by molar-refractivity contribution is 0.102. The van der Waals surface area contributed by atoms with Crippen LogP contribution in [0.3, 0.4) is 0 Å². The van der Waals surface area contributed by atoms with Crippen LogP contribution in [-0.4, -0.2) is 38.6 Å². The number of epoxide rings is 2. The molecule has 2 heterocycles. The molecule has 0 aromatic heterocycles. The molecule has 2 unspecified atom stereocenters. The van der Waals surface area contributed by atoms with E-state index in [4.69, 9.17) is 14.2 Å². The average molecular weight is 419 g/mol. The van der Waals surface area contributed by atoms with Gasteiger partial charge >= 0.3 is 0 Å². The SMILES string of the molecule is C(OCC1CO1)C1CO1.CCCCCCCCCCCCCCCc1ccccc1. The number of hydrogen-bond acceptors (Lipinski definition) is 3. The predicted octanol–water partition coefficient (Wildman–Crippen LogP) is 7.12. The minimum Gasteiger partial charge on any atom is -0.376 e. The molecule has 0 N–H and O–H groups in total. The Labute approximate surface area is 185 Å². The monoisotopic (exact) mass is 418 g/mol. The summed E-state index contributed by atoms with van der Waals surface area (Å²) in [6.07, 6.45) is 20.8. The molecule has 0 saturated carbocycles. The van der Waals surface area contributed by atoms with Gasteiger partial charge in [-0.25, -0.2) is 0 Å². The zero-order chi connectivity index (χ0) is 21.1. The lowest BCUT2D eigenvalue weighted by Crippen LogP contribution is -2.06. The van der Waals surface area contributed by atoms with Crippen LogP contribution in [0.15, 0.2) is 30.3 Å². The molecule has 0 aliphatic carbocycles. The van der Waals surface area contributed by atoms with Crippen LogP contribution in [-0.2, 0) is 20.6 Å². The topological polar surface area (TPSA) is 34.3 Å². The fraction of sp³-hybridized carbons (Fsp3) is 0.778. The van der Waals surface area contributed by atoms with Gasteiger partial charge in [0.25, 0.3) is 0 Å². The first-order valence-electron chi connectivity index (χ1n) is 12.7. The van der Waals surface area contributed by atoms with Crippen molar-refractivity contribution in [3.8, 4) is 0 Å². The van der Waals surface area contributed by atoms with E-state index in [0.29, 0.717) is 12.2 Å². The summed E-state index contributed by atoms with van der Waals surface area (Å²) in [7, 11) is 0. The second kappa shape index (κ2) is 17.7. The van der Waals surface area contributed by atoms with Crippen molar-refractivity contribution >= 4 is 0 Å². The molecule has 0 radical (unpaired) electrons. The molecule has 3 heteroatoms. The van der Waals surface area contributed by atoms with Gasteiger partial charge in [-0.3, -0.25) is 0 Å². The van der Waals surface area contributed by atoms with Gasteiger partial charge in [0.15, 0.2) is 0 Å². The van der Waals surface area contributed by atoms with Crippen LogP contribution in [0.5, 0.6) is 0 Å². The van der Waals surface area contributed by atoms with E-state index in [9.17, 15) is 0 Å². The Morgan fingerprint density at radius 1 is 0.667 bits per heavy atom. The number of hydrogen-bond donors (Lipinski definition) is 0. The highest BCUT2D eigenvalue weighted by atomic mass is 16.6. The van der Waals surface area contributed by atoms with Gasteiger partial charge in [-0.1, -0.05) is 114 Å². The van der Waals surface area contributed by atoms with Gasteiger partial charge in [-0.2, -0.15) is 0 Å². The maximum Gasteiger partial charge on any atom is 0.104 e. The van der Waals surface area contributed by atoms with E-state index in [-0.39, 0.29) is 0 Å². The molecule has 1 aromatic rings. The molecule has 3 nitrogen and oxygen atoms in total. The first-order valence-corrected chi connectivity index (χ1v) is 12.7. The van der Waals surface area contributed by atoms with Gasteiger partial charge in [0.05, 0.1) is 26.4 Å². The van der Waals surface area contributed by atoms with Crippen LogP contribution in [0, 0.1) is 0 Å². The Bertz CT molecular complexity index is 470. The Morgan fingerprint density at radius 3 is 1.53 bits per heavy atom. The Kier molecular flexibility index (Phi) is 15.0. The van der Waals surface area contributed by atoms with Crippen molar-refractivity contribution in [2.75, 3.05) is 26.4 Å². The van der Waals surface area contributed by atoms with Gasteiger partial charge in [0, 0.05) is 0 Å². The molecule has 0 bridgehead atoms. The standard InChI is InChI=1S/C21H36.C6H10O3/c1-2-3-4-5-6-7-8-9-10-11-12-13-15-18-21-19-16-14-17-20-21;1(5-3-8-5)7-2-6-4-9-6/h14,16-17,19-20H,2-13,15,18H2,1H3;5-6H,1-4H2. The number of ether oxygens (including phenoxy) is 3. The molecule has 2 atom stereocenters. The molecule has 30 heavy (non-hydrogen) atoms. The van der Waals surface area contributed by atoms with E-state index in [1.807, 2.05) is 0 Å². The summed E-state index contributed by atoms with van der Waals surface area (Å²) in [5, 5.41) is 0. The zero-order valence-corrected chi connectivity index (χ0v) is 19.5. The maximum atomic E-state index is 5.23. The molecular weight excluding hydrogens is 372 g/mol. The van der Waals surface area contributed by atoms with Crippen molar-refractivity contribution in [1.29, 1.82) is 0 Å². The second-order valence-corrected chi connectivity index (χ2v) is 8.93. The first-order chi connectivity index (χ1) is 14.9. The molecule has 3 rings (SSSR count). The van der Waals surface area contributed by atoms with Crippen molar-refractivity contribution in [2.24, 2.45) is 0 Å². The molecule has 2 fully saturated rings. The number of benzene rings is 1.